The third-order valence-electron chi connectivity index (χ3n) is 4.03. The van der Waals surface area contributed by atoms with Gasteiger partial charge < -0.3 is 14.9 Å². The summed E-state index contributed by atoms with van der Waals surface area (Å²) in [5.74, 6) is -0.613. The molecular formula is C18H18O4. The number of phenols is 1. The average molecular weight is 298 g/mol. The molecule has 4 nitrogen and oxygen atoms in total. The minimum Gasteiger partial charge on any atom is -0.507 e. The lowest BCUT2D eigenvalue weighted by molar-refractivity contribution is 0.0693. The fourth-order valence-electron chi connectivity index (χ4n) is 2.93. The van der Waals surface area contributed by atoms with E-state index < -0.39 is 5.97 Å². The zero-order chi connectivity index (χ0) is 15.7. The van der Waals surface area contributed by atoms with Gasteiger partial charge in [-0.1, -0.05) is 6.07 Å². The first-order valence-electron chi connectivity index (χ1n) is 7.35. The van der Waals surface area contributed by atoms with Crippen molar-refractivity contribution in [1.29, 1.82) is 0 Å². The molecule has 0 amide bonds. The third-order valence-corrected chi connectivity index (χ3v) is 4.03. The summed E-state index contributed by atoms with van der Waals surface area (Å²) in [7, 11) is 0. The molecule has 0 saturated carbocycles. The van der Waals surface area contributed by atoms with Gasteiger partial charge in [0.05, 0.1) is 0 Å². The smallest absolute Gasteiger partial charge is 0.339 e. The average Bonchev–Trinajstić information content (AvgIpc) is 2.95. The Morgan fingerprint density at radius 2 is 1.95 bits per heavy atom. The molecule has 1 aliphatic carbocycles. The summed E-state index contributed by atoms with van der Waals surface area (Å²) in [6.07, 6.45) is 3.38. The normalized spacial score (nSPS) is 13.0. The lowest BCUT2D eigenvalue weighted by atomic mass is 10.1. The van der Waals surface area contributed by atoms with Gasteiger partial charge in [0.25, 0.3) is 0 Å². The number of rotatable bonds is 4. The Balaban J connectivity index is 1.80. The van der Waals surface area contributed by atoms with Crippen molar-refractivity contribution in [3.63, 3.8) is 0 Å². The standard InChI is InChI=1S/C18H18O4/c1-11-7-14(17(19)16(8-11)18(20)21)10-22-15-6-5-12-3-2-4-13(12)9-15/h5-9,19H,2-4,10H2,1H3,(H,20,21). The molecule has 0 radical (unpaired) electrons. The van der Waals surface area contributed by atoms with Crippen molar-refractivity contribution in [3.05, 3.63) is 58.1 Å². The van der Waals surface area contributed by atoms with E-state index in [1.165, 1.54) is 23.6 Å². The van der Waals surface area contributed by atoms with E-state index in [1.54, 1.807) is 13.0 Å². The van der Waals surface area contributed by atoms with Crippen molar-refractivity contribution in [2.75, 3.05) is 0 Å². The summed E-state index contributed by atoms with van der Waals surface area (Å²) in [6, 6.07) is 9.24. The first kappa shape index (κ1) is 14.4. The number of aromatic hydroxyl groups is 1. The second kappa shape index (κ2) is 5.72. The summed E-state index contributed by atoms with van der Waals surface area (Å²) in [5.41, 5.74) is 3.87. The van der Waals surface area contributed by atoms with Gasteiger partial charge in [0.2, 0.25) is 0 Å². The number of aryl methyl sites for hydroxylation is 3. The Bertz CT molecular complexity index is 734. The second-order valence-electron chi connectivity index (χ2n) is 5.70. The van der Waals surface area contributed by atoms with Gasteiger partial charge in [-0.05, 0) is 67.1 Å². The van der Waals surface area contributed by atoms with Crippen LogP contribution in [0, 0.1) is 6.92 Å². The lowest BCUT2D eigenvalue weighted by Crippen LogP contribution is -2.03. The van der Waals surface area contributed by atoms with Crippen molar-refractivity contribution in [3.8, 4) is 11.5 Å². The van der Waals surface area contributed by atoms with Gasteiger partial charge in [0, 0.05) is 5.56 Å². The zero-order valence-electron chi connectivity index (χ0n) is 12.4. The number of fused-ring (bicyclic) bond motifs is 1. The van der Waals surface area contributed by atoms with Crippen molar-refractivity contribution in [2.24, 2.45) is 0 Å². The Kier molecular flexibility index (Phi) is 3.75. The van der Waals surface area contributed by atoms with Crippen molar-refractivity contribution >= 4 is 5.97 Å². The molecule has 0 fully saturated rings. The second-order valence-corrected chi connectivity index (χ2v) is 5.70. The van der Waals surface area contributed by atoms with Crippen molar-refractivity contribution < 1.29 is 19.7 Å². The van der Waals surface area contributed by atoms with E-state index in [4.69, 9.17) is 9.84 Å². The van der Waals surface area contributed by atoms with Crippen LogP contribution >= 0.6 is 0 Å². The highest BCUT2D eigenvalue weighted by atomic mass is 16.5. The number of benzene rings is 2. The fraction of sp³-hybridized carbons (Fsp3) is 0.278. The van der Waals surface area contributed by atoms with Crippen LogP contribution in [-0.4, -0.2) is 16.2 Å². The summed E-state index contributed by atoms with van der Waals surface area (Å²) in [5, 5.41) is 19.2. The van der Waals surface area contributed by atoms with Crippen LogP contribution in [-0.2, 0) is 19.4 Å². The van der Waals surface area contributed by atoms with E-state index in [2.05, 4.69) is 6.07 Å². The van der Waals surface area contributed by atoms with Crippen LogP contribution < -0.4 is 4.74 Å². The van der Waals surface area contributed by atoms with Crippen molar-refractivity contribution in [2.45, 2.75) is 32.8 Å². The van der Waals surface area contributed by atoms with Gasteiger partial charge in [0.15, 0.2) is 0 Å². The molecule has 0 spiro atoms. The quantitative estimate of drug-likeness (QED) is 0.907. The molecule has 1 aliphatic rings. The summed E-state index contributed by atoms with van der Waals surface area (Å²) >= 11 is 0. The summed E-state index contributed by atoms with van der Waals surface area (Å²) in [4.78, 5) is 11.1. The highest BCUT2D eigenvalue weighted by molar-refractivity contribution is 5.91. The summed E-state index contributed by atoms with van der Waals surface area (Å²) < 4.78 is 5.73. The third kappa shape index (κ3) is 2.77. The topological polar surface area (TPSA) is 66.8 Å². The number of aromatic carboxylic acids is 1. The minimum atomic E-state index is -1.14. The van der Waals surface area contributed by atoms with Crippen LogP contribution in [0.5, 0.6) is 11.5 Å². The van der Waals surface area contributed by atoms with Crippen LogP contribution in [0.3, 0.4) is 0 Å². The molecular weight excluding hydrogens is 280 g/mol. The fourth-order valence-corrected chi connectivity index (χ4v) is 2.93. The molecule has 2 aromatic carbocycles. The largest absolute Gasteiger partial charge is 0.507 e. The van der Waals surface area contributed by atoms with Crippen LogP contribution in [0.4, 0.5) is 0 Å². The lowest BCUT2D eigenvalue weighted by Gasteiger charge is -2.12. The molecule has 22 heavy (non-hydrogen) atoms. The van der Waals surface area contributed by atoms with Gasteiger partial charge in [-0.2, -0.15) is 0 Å². The maximum Gasteiger partial charge on any atom is 0.339 e. The van der Waals surface area contributed by atoms with Gasteiger partial charge in [-0.15, -0.1) is 0 Å². The van der Waals surface area contributed by atoms with Gasteiger partial charge >= 0.3 is 5.97 Å². The SMILES string of the molecule is Cc1cc(COc2ccc3c(c2)CCC3)c(O)c(C(=O)O)c1. The minimum absolute atomic E-state index is 0.0902. The zero-order valence-corrected chi connectivity index (χ0v) is 12.4. The first-order valence-corrected chi connectivity index (χ1v) is 7.35. The van der Waals surface area contributed by atoms with Crippen LogP contribution in [0.1, 0.15) is 39.0 Å². The van der Waals surface area contributed by atoms with Gasteiger partial charge in [-0.3, -0.25) is 0 Å². The number of carboxylic acid groups (broad SMARTS) is 1. The number of carboxylic acids is 1. The molecule has 0 unspecified atom stereocenters. The molecule has 4 heteroatoms. The van der Waals surface area contributed by atoms with E-state index in [0.717, 1.165) is 24.2 Å². The van der Waals surface area contributed by atoms with Crippen molar-refractivity contribution in [1.82, 2.24) is 0 Å². The van der Waals surface area contributed by atoms with E-state index in [0.29, 0.717) is 5.56 Å². The highest BCUT2D eigenvalue weighted by Gasteiger charge is 2.16. The van der Waals surface area contributed by atoms with Gasteiger partial charge in [0.1, 0.15) is 23.7 Å². The Morgan fingerprint density at radius 3 is 2.73 bits per heavy atom. The Morgan fingerprint density at radius 1 is 1.18 bits per heavy atom. The number of hydrogen-bond donors (Lipinski definition) is 2. The maximum absolute atomic E-state index is 11.1. The molecule has 0 bridgehead atoms. The monoisotopic (exact) mass is 298 g/mol. The van der Waals surface area contributed by atoms with Gasteiger partial charge in [-0.25, -0.2) is 4.79 Å². The van der Waals surface area contributed by atoms with E-state index in [9.17, 15) is 9.90 Å². The molecule has 0 atom stereocenters. The predicted molar refractivity (Wildman–Crippen MR) is 82.6 cm³/mol. The highest BCUT2D eigenvalue weighted by Crippen LogP contribution is 2.29. The Hall–Kier alpha value is -2.49. The number of carbonyl (C=O) groups is 1. The molecule has 2 N–H and O–H groups in total. The van der Waals surface area contributed by atoms with Crippen LogP contribution in [0.15, 0.2) is 30.3 Å². The maximum atomic E-state index is 11.1. The van der Waals surface area contributed by atoms with Crippen LogP contribution in [0.25, 0.3) is 0 Å². The molecule has 3 rings (SSSR count). The molecule has 2 aromatic rings. The van der Waals surface area contributed by atoms with E-state index in [1.807, 2.05) is 12.1 Å². The predicted octanol–water partition coefficient (Wildman–Crippen LogP) is 3.47. The Labute approximate surface area is 129 Å². The molecule has 0 heterocycles. The van der Waals surface area contributed by atoms with E-state index >= 15 is 0 Å². The number of hydrogen-bond acceptors (Lipinski definition) is 3. The molecule has 114 valence electrons. The van der Waals surface area contributed by atoms with E-state index in [-0.39, 0.29) is 17.9 Å². The first-order chi connectivity index (χ1) is 10.5. The molecule has 0 aromatic heterocycles. The molecule has 0 aliphatic heterocycles. The molecule has 0 saturated heterocycles. The summed E-state index contributed by atoms with van der Waals surface area (Å²) in [6.45, 7) is 1.94. The van der Waals surface area contributed by atoms with Crippen LogP contribution in [0.2, 0.25) is 0 Å². The number of ether oxygens (including phenoxy) is 1.